The van der Waals surface area contributed by atoms with Gasteiger partial charge in [-0.2, -0.15) is 0 Å². The second kappa shape index (κ2) is 7.94. The first-order chi connectivity index (χ1) is 14.1. The monoisotopic (exact) mass is 420 g/mol. The van der Waals surface area contributed by atoms with Crippen LogP contribution >= 0.6 is 23.6 Å². The van der Waals surface area contributed by atoms with Gasteiger partial charge in [-0.15, -0.1) is 17.9 Å². The fourth-order valence-electron chi connectivity index (χ4n) is 2.96. The molecule has 0 unspecified atom stereocenters. The third-order valence-electron chi connectivity index (χ3n) is 4.38. The number of aromatic nitrogens is 3. The van der Waals surface area contributed by atoms with E-state index in [9.17, 15) is 9.59 Å². The molecule has 0 aliphatic heterocycles. The molecule has 0 aliphatic rings. The van der Waals surface area contributed by atoms with Gasteiger partial charge in [0.15, 0.2) is 4.77 Å². The molecule has 0 spiro atoms. The van der Waals surface area contributed by atoms with Gasteiger partial charge in [-0.05, 0) is 54.7 Å². The fourth-order valence-corrected chi connectivity index (χ4v) is 3.87. The zero-order valence-electron chi connectivity index (χ0n) is 15.2. The summed E-state index contributed by atoms with van der Waals surface area (Å²) in [4.78, 5) is 32.5. The standard InChI is InChI=1S/C21H16N4O2S2/c1-2-10-25-20(27)16-8-5-14(12-17(16)24-21(25)28)18(26)23-15-6-3-13(4-7-15)19-22-9-11-29-19/h2-9,11-12H,1,10H2,(H,23,26)(H,24,28). The smallest absolute Gasteiger partial charge is 0.262 e. The molecule has 0 radical (unpaired) electrons. The molecule has 0 bridgehead atoms. The summed E-state index contributed by atoms with van der Waals surface area (Å²) in [6, 6.07) is 12.4. The first-order valence-electron chi connectivity index (χ1n) is 8.76. The van der Waals surface area contributed by atoms with Gasteiger partial charge in [-0.1, -0.05) is 6.08 Å². The van der Waals surface area contributed by atoms with Gasteiger partial charge >= 0.3 is 0 Å². The number of hydrogen-bond donors (Lipinski definition) is 2. The number of benzene rings is 2. The Hall–Kier alpha value is -3.36. The molecule has 4 aromatic rings. The lowest BCUT2D eigenvalue weighted by atomic mass is 10.1. The molecule has 0 fully saturated rings. The molecule has 4 rings (SSSR count). The van der Waals surface area contributed by atoms with E-state index in [2.05, 4.69) is 21.9 Å². The molecule has 0 saturated carbocycles. The molecular weight excluding hydrogens is 404 g/mol. The topological polar surface area (TPSA) is 79.8 Å². The second-order valence-corrected chi connectivity index (χ2v) is 7.54. The quantitative estimate of drug-likeness (QED) is 0.365. The number of nitrogens with zero attached hydrogens (tertiary/aromatic N) is 2. The summed E-state index contributed by atoms with van der Waals surface area (Å²) >= 11 is 6.80. The van der Waals surface area contributed by atoms with Crippen LogP contribution in [0.25, 0.3) is 21.5 Å². The van der Waals surface area contributed by atoms with Gasteiger partial charge in [-0.25, -0.2) is 4.98 Å². The number of carbonyl (C=O) groups is 1. The number of anilines is 1. The number of amides is 1. The van der Waals surface area contributed by atoms with Gasteiger partial charge in [0.1, 0.15) is 5.01 Å². The predicted molar refractivity (Wildman–Crippen MR) is 119 cm³/mol. The van der Waals surface area contributed by atoms with Crippen molar-refractivity contribution in [2.24, 2.45) is 0 Å². The number of rotatable bonds is 5. The third kappa shape index (κ3) is 3.80. The summed E-state index contributed by atoms with van der Waals surface area (Å²) in [5.41, 5.74) is 2.39. The van der Waals surface area contributed by atoms with Gasteiger partial charge in [0.05, 0.1) is 10.9 Å². The minimum absolute atomic E-state index is 0.214. The summed E-state index contributed by atoms with van der Waals surface area (Å²) in [6.07, 6.45) is 3.37. The van der Waals surface area contributed by atoms with Crippen LogP contribution in [-0.2, 0) is 6.54 Å². The van der Waals surface area contributed by atoms with Gasteiger partial charge in [0.2, 0.25) is 0 Å². The molecule has 0 atom stereocenters. The Labute approximate surface area is 175 Å². The van der Waals surface area contributed by atoms with Crippen molar-refractivity contribution in [2.45, 2.75) is 6.54 Å². The average Bonchev–Trinajstić information content (AvgIpc) is 3.26. The molecule has 0 saturated heterocycles. The van der Waals surface area contributed by atoms with Gasteiger partial charge in [0.25, 0.3) is 11.5 Å². The second-order valence-electron chi connectivity index (χ2n) is 6.26. The van der Waals surface area contributed by atoms with Gasteiger partial charge < -0.3 is 10.3 Å². The predicted octanol–water partition coefficient (Wildman–Crippen LogP) is 4.62. The average molecular weight is 421 g/mol. The summed E-state index contributed by atoms with van der Waals surface area (Å²) in [5, 5.41) is 6.17. The van der Waals surface area contributed by atoms with E-state index in [0.717, 1.165) is 10.6 Å². The molecule has 2 N–H and O–H groups in total. The molecule has 8 heteroatoms. The molecule has 1 amide bonds. The van der Waals surface area contributed by atoms with Crippen LogP contribution in [0.4, 0.5) is 5.69 Å². The van der Waals surface area contributed by atoms with Gasteiger partial charge in [-0.3, -0.25) is 14.2 Å². The van der Waals surface area contributed by atoms with Gasteiger partial charge in [0, 0.05) is 34.9 Å². The normalized spacial score (nSPS) is 10.8. The zero-order valence-corrected chi connectivity index (χ0v) is 16.8. The summed E-state index contributed by atoms with van der Waals surface area (Å²) in [7, 11) is 0. The zero-order chi connectivity index (χ0) is 20.4. The van der Waals surface area contributed by atoms with E-state index in [4.69, 9.17) is 12.2 Å². The van der Waals surface area contributed by atoms with Crippen molar-refractivity contribution >= 4 is 46.1 Å². The molecule has 2 aromatic carbocycles. The van der Waals surface area contributed by atoms with Crippen molar-refractivity contribution in [3.63, 3.8) is 0 Å². The highest BCUT2D eigenvalue weighted by molar-refractivity contribution is 7.71. The number of aromatic amines is 1. The van der Waals surface area contributed by atoms with Crippen LogP contribution in [0.3, 0.4) is 0 Å². The Morgan fingerprint density at radius 1 is 1.28 bits per heavy atom. The highest BCUT2D eigenvalue weighted by Gasteiger charge is 2.11. The summed E-state index contributed by atoms with van der Waals surface area (Å²) < 4.78 is 1.71. The van der Waals surface area contributed by atoms with Crippen molar-refractivity contribution < 1.29 is 4.79 Å². The van der Waals surface area contributed by atoms with Crippen molar-refractivity contribution in [3.05, 3.63) is 87.4 Å². The number of nitrogens with one attached hydrogen (secondary N) is 2. The Morgan fingerprint density at radius 3 is 2.76 bits per heavy atom. The van der Waals surface area contributed by atoms with E-state index in [-0.39, 0.29) is 16.2 Å². The molecule has 29 heavy (non-hydrogen) atoms. The fraction of sp³-hybridized carbons (Fsp3) is 0.0476. The molecule has 2 aromatic heterocycles. The van der Waals surface area contributed by atoms with Crippen molar-refractivity contribution in [3.8, 4) is 10.6 Å². The maximum Gasteiger partial charge on any atom is 0.262 e. The molecule has 0 aliphatic carbocycles. The van der Waals surface area contributed by atoms with E-state index < -0.39 is 0 Å². The third-order valence-corrected chi connectivity index (χ3v) is 5.52. The highest BCUT2D eigenvalue weighted by Crippen LogP contribution is 2.23. The number of thiazole rings is 1. The van der Waals surface area contributed by atoms with Crippen LogP contribution in [0.5, 0.6) is 0 Å². The van der Waals surface area contributed by atoms with Crippen LogP contribution in [0.15, 0.2) is 71.5 Å². The largest absolute Gasteiger partial charge is 0.332 e. The maximum absolute atomic E-state index is 12.7. The minimum atomic E-state index is -0.275. The summed E-state index contributed by atoms with van der Waals surface area (Å²) in [5.74, 6) is -0.275. The SMILES string of the molecule is C=CCn1c(=S)[nH]c2cc(C(=O)Nc3ccc(-c4nccs4)cc3)ccc2c1=O. The molecule has 144 valence electrons. The lowest BCUT2D eigenvalue weighted by Gasteiger charge is -2.09. The van der Waals surface area contributed by atoms with Crippen molar-refractivity contribution in [1.29, 1.82) is 0 Å². The molecular formula is C21H16N4O2S2. The van der Waals surface area contributed by atoms with Crippen molar-refractivity contribution in [1.82, 2.24) is 14.5 Å². The maximum atomic E-state index is 12.7. The Balaban J connectivity index is 1.60. The van der Waals surface area contributed by atoms with Crippen LogP contribution in [0.2, 0.25) is 0 Å². The number of allylic oxidation sites excluding steroid dienone is 1. The number of hydrogen-bond acceptors (Lipinski definition) is 5. The van der Waals surface area contributed by atoms with E-state index >= 15 is 0 Å². The van der Waals surface area contributed by atoms with Crippen LogP contribution in [0, 0.1) is 4.77 Å². The molecule has 6 nitrogen and oxygen atoms in total. The first kappa shape index (κ1) is 19.0. The Bertz CT molecular complexity index is 1320. The lowest BCUT2D eigenvalue weighted by molar-refractivity contribution is 0.102. The van der Waals surface area contributed by atoms with Crippen molar-refractivity contribution in [2.75, 3.05) is 5.32 Å². The number of H-pyrrole nitrogens is 1. The number of carbonyl (C=O) groups excluding carboxylic acids is 1. The first-order valence-corrected chi connectivity index (χ1v) is 10.0. The summed E-state index contributed by atoms with van der Waals surface area (Å²) in [6.45, 7) is 3.96. The highest BCUT2D eigenvalue weighted by atomic mass is 32.1. The Morgan fingerprint density at radius 2 is 2.07 bits per heavy atom. The van der Waals surface area contributed by atoms with E-state index in [0.29, 0.717) is 28.7 Å². The molecule has 2 heterocycles. The van der Waals surface area contributed by atoms with Crippen LogP contribution in [0.1, 0.15) is 10.4 Å². The van der Waals surface area contributed by atoms with Crippen LogP contribution < -0.4 is 10.9 Å². The van der Waals surface area contributed by atoms with E-state index in [1.165, 1.54) is 4.57 Å². The van der Waals surface area contributed by atoms with E-state index in [1.54, 1.807) is 41.8 Å². The number of fused-ring (bicyclic) bond motifs is 1. The van der Waals surface area contributed by atoms with Crippen LogP contribution in [-0.4, -0.2) is 20.4 Å². The Kier molecular flexibility index (Phi) is 5.20. The minimum Gasteiger partial charge on any atom is -0.332 e. The lowest BCUT2D eigenvalue weighted by Crippen LogP contribution is -2.22. The van der Waals surface area contributed by atoms with E-state index in [1.807, 2.05) is 29.6 Å².